The van der Waals surface area contributed by atoms with E-state index in [1.165, 1.54) is 16.8 Å². The normalized spacial score (nSPS) is 14.7. The minimum absolute atomic E-state index is 0.0599. The number of nitro groups is 1. The molecular weight excluding hydrogens is 296 g/mol. The number of carbonyl (C=O) groups is 1. The summed E-state index contributed by atoms with van der Waals surface area (Å²) in [6.07, 6.45) is 3.68. The van der Waals surface area contributed by atoms with Gasteiger partial charge in [-0.1, -0.05) is 23.2 Å². The van der Waals surface area contributed by atoms with Crippen molar-refractivity contribution in [1.29, 1.82) is 0 Å². The summed E-state index contributed by atoms with van der Waals surface area (Å²) in [6, 6.07) is 4.41. The molecule has 108 valence electrons. The summed E-state index contributed by atoms with van der Waals surface area (Å²) in [5.74, 6) is 0.218. The van der Waals surface area contributed by atoms with E-state index in [4.69, 9.17) is 11.6 Å². The van der Waals surface area contributed by atoms with Gasteiger partial charge in [0, 0.05) is 12.0 Å². The maximum Gasteiger partial charge on any atom is 0.290 e. The third kappa shape index (κ3) is 2.29. The van der Waals surface area contributed by atoms with Crippen LogP contribution in [0.4, 0.5) is 5.69 Å². The van der Waals surface area contributed by atoms with Crippen LogP contribution in [-0.2, 0) is 0 Å². The number of aromatic nitrogens is 3. The number of hydrogen-bond donors (Lipinski definition) is 0. The first-order chi connectivity index (χ1) is 10.1. The lowest BCUT2D eigenvalue weighted by molar-refractivity contribution is -0.384. The number of halogens is 1. The standard InChI is InChI=1S/C13H11ClN4O3/c14-10-5-4-9(6-12(10)18(20)21)17-13(8-2-1-3-8)11(7-19)15-16-17/h4-8H,1-3H2. The zero-order valence-electron chi connectivity index (χ0n) is 10.9. The molecule has 0 N–H and O–H groups in total. The van der Waals surface area contributed by atoms with E-state index < -0.39 is 4.92 Å². The Morgan fingerprint density at radius 3 is 2.76 bits per heavy atom. The van der Waals surface area contributed by atoms with Crippen LogP contribution in [0, 0.1) is 10.1 Å². The van der Waals surface area contributed by atoms with Gasteiger partial charge in [-0.2, -0.15) is 0 Å². The van der Waals surface area contributed by atoms with Gasteiger partial charge in [-0.15, -0.1) is 5.10 Å². The zero-order chi connectivity index (χ0) is 15.0. The van der Waals surface area contributed by atoms with Crippen LogP contribution >= 0.6 is 11.6 Å². The van der Waals surface area contributed by atoms with E-state index >= 15 is 0 Å². The van der Waals surface area contributed by atoms with E-state index in [1.54, 1.807) is 6.07 Å². The monoisotopic (exact) mass is 306 g/mol. The van der Waals surface area contributed by atoms with Gasteiger partial charge >= 0.3 is 0 Å². The second-order valence-corrected chi connectivity index (χ2v) is 5.32. The number of carbonyl (C=O) groups excluding carboxylic acids is 1. The molecule has 21 heavy (non-hydrogen) atoms. The van der Waals surface area contributed by atoms with Crippen molar-refractivity contribution < 1.29 is 9.72 Å². The summed E-state index contributed by atoms with van der Waals surface area (Å²) in [7, 11) is 0. The molecule has 0 amide bonds. The molecule has 1 aromatic heterocycles. The molecule has 0 aliphatic heterocycles. The first-order valence-corrected chi connectivity index (χ1v) is 6.84. The molecule has 7 nitrogen and oxygen atoms in total. The second kappa shape index (κ2) is 5.25. The van der Waals surface area contributed by atoms with E-state index in [1.807, 2.05) is 0 Å². The van der Waals surface area contributed by atoms with E-state index in [2.05, 4.69) is 10.3 Å². The van der Waals surface area contributed by atoms with Crippen molar-refractivity contribution >= 4 is 23.6 Å². The smallest absolute Gasteiger partial charge is 0.290 e. The van der Waals surface area contributed by atoms with E-state index in [9.17, 15) is 14.9 Å². The van der Waals surface area contributed by atoms with Gasteiger partial charge in [-0.05, 0) is 25.0 Å². The first-order valence-electron chi connectivity index (χ1n) is 6.47. The van der Waals surface area contributed by atoms with Crippen LogP contribution in [0.15, 0.2) is 18.2 Å². The Bertz CT molecular complexity index is 724. The number of aldehydes is 1. The van der Waals surface area contributed by atoms with Crippen LogP contribution in [0.3, 0.4) is 0 Å². The van der Waals surface area contributed by atoms with Crippen molar-refractivity contribution in [2.75, 3.05) is 0 Å². The second-order valence-electron chi connectivity index (χ2n) is 4.91. The molecule has 0 atom stereocenters. The maximum atomic E-state index is 11.1. The minimum Gasteiger partial charge on any atom is -0.296 e. The van der Waals surface area contributed by atoms with Gasteiger partial charge in [-0.3, -0.25) is 14.9 Å². The number of rotatable bonds is 4. The molecular formula is C13H11ClN4O3. The van der Waals surface area contributed by atoms with Crippen LogP contribution in [0.25, 0.3) is 5.69 Å². The SMILES string of the molecule is O=Cc1nnn(-c2ccc(Cl)c([N+](=O)[O-])c2)c1C1CCC1. The van der Waals surface area contributed by atoms with Crippen LogP contribution in [-0.4, -0.2) is 26.2 Å². The predicted molar refractivity (Wildman–Crippen MR) is 75.0 cm³/mol. The summed E-state index contributed by atoms with van der Waals surface area (Å²) in [5, 5.41) is 18.8. The molecule has 1 aliphatic rings. The summed E-state index contributed by atoms with van der Waals surface area (Å²) in [5.41, 5.74) is 1.29. The Kier molecular flexibility index (Phi) is 3.42. The molecule has 0 spiro atoms. The lowest BCUT2D eigenvalue weighted by atomic mass is 9.82. The fraction of sp³-hybridized carbons (Fsp3) is 0.308. The number of hydrogen-bond acceptors (Lipinski definition) is 5. The van der Waals surface area contributed by atoms with E-state index in [-0.39, 0.29) is 22.3 Å². The van der Waals surface area contributed by atoms with Gasteiger partial charge in [0.25, 0.3) is 5.69 Å². The molecule has 2 aromatic rings. The highest BCUT2D eigenvalue weighted by Crippen LogP contribution is 2.38. The van der Waals surface area contributed by atoms with Crippen molar-refractivity contribution in [2.45, 2.75) is 25.2 Å². The lowest BCUT2D eigenvalue weighted by Crippen LogP contribution is -2.16. The minimum atomic E-state index is -0.549. The third-order valence-corrected chi connectivity index (χ3v) is 4.03. The Labute approximate surface area is 124 Å². The molecule has 0 saturated heterocycles. The third-order valence-electron chi connectivity index (χ3n) is 3.71. The van der Waals surface area contributed by atoms with Gasteiger partial charge in [0.1, 0.15) is 10.7 Å². The average molecular weight is 307 g/mol. The molecule has 0 radical (unpaired) electrons. The number of nitrogens with zero attached hydrogens (tertiary/aromatic N) is 4. The molecule has 1 fully saturated rings. The Morgan fingerprint density at radius 2 is 2.19 bits per heavy atom. The summed E-state index contributed by atoms with van der Waals surface area (Å²) in [6.45, 7) is 0. The summed E-state index contributed by atoms with van der Waals surface area (Å²) >= 11 is 5.81. The highest BCUT2D eigenvalue weighted by atomic mass is 35.5. The van der Waals surface area contributed by atoms with Crippen molar-refractivity contribution in [2.24, 2.45) is 0 Å². The van der Waals surface area contributed by atoms with Crippen molar-refractivity contribution in [3.63, 3.8) is 0 Å². The molecule has 1 saturated carbocycles. The molecule has 0 unspecified atom stereocenters. The fourth-order valence-electron chi connectivity index (χ4n) is 2.41. The molecule has 1 aromatic carbocycles. The van der Waals surface area contributed by atoms with Gasteiger partial charge < -0.3 is 0 Å². The fourth-order valence-corrected chi connectivity index (χ4v) is 2.60. The zero-order valence-corrected chi connectivity index (χ0v) is 11.7. The van der Waals surface area contributed by atoms with Crippen LogP contribution in [0.2, 0.25) is 5.02 Å². The predicted octanol–water partition coefficient (Wildman–Crippen LogP) is 2.91. The van der Waals surface area contributed by atoms with Crippen LogP contribution in [0.5, 0.6) is 0 Å². The lowest BCUT2D eigenvalue weighted by Gasteiger charge is -2.25. The topological polar surface area (TPSA) is 90.9 Å². The maximum absolute atomic E-state index is 11.1. The van der Waals surface area contributed by atoms with Crippen LogP contribution < -0.4 is 0 Å². The molecule has 3 rings (SSSR count). The van der Waals surface area contributed by atoms with Crippen molar-refractivity contribution in [1.82, 2.24) is 15.0 Å². The Morgan fingerprint density at radius 1 is 1.43 bits per heavy atom. The highest BCUT2D eigenvalue weighted by molar-refractivity contribution is 6.32. The average Bonchev–Trinajstić information content (AvgIpc) is 2.81. The summed E-state index contributed by atoms with van der Waals surface area (Å²) < 4.78 is 1.50. The van der Waals surface area contributed by atoms with E-state index in [0.29, 0.717) is 17.7 Å². The Hall–Kier alpha value is -2.28. The molecule has 1 aliphatic carbocycles. The number of nitro benzene ring substituents is 1. The quantitative estimate of drug-likeness (QED) is 0.492. The molecule has 1 heterocycles. The molecule has 8 heteroatoms. The van der Waals surface area contributed by atoms with Gasteiger partial charge in [0.15, 0.2) is 6.29 Å². The van der Waals surface area contributed by atoms with Gasteiger partial charge in [-0.25, -0.2) is 4.68 Å². The van der Waals surface area contributed by atoms with E-state index in [0.717, 1.165) is 19.3 Å². The van der Waals surface area contributed by atoms with Crippen molar-refractivity contribution in [3.8, 4) is 5.69 Å². The highest BCUT2D eigenvalue weighted by Gasteiger charge is 2.28. The van der Waals surface area contributed by atoms with Crippen LogP contribution in [0.1, 0.15) is 41.4 Å². The first kappa shape index (κ1) is 13.7. The largest absolute Gasteiger partial charge is 0.296 e. The molecule has 0 bridgehead atoms. The number of benzene rings is 1. The summed E-state index contributed by atoms with van der Waals surface area (Å²) in [4.78, 5) is 21.5. The Balaban J connectivity index is 2.12. The van der Waals surface area contributed by atoms with Gasteiger partial charge in [0.05, 0.1) is 16.3 Å². The van der Waals surface area contributed by atoms with Gasteiger partial charge in [0.2, 0.25) is 0 Å². The van der Waals surface area contributed by atoms with Crippen molar-refractivity contribution in [3.05, 3.63) is 44.7 Å².